The molecule has 0 spiro atoms. The second-order valence-electron chi connectivity index (χ2n) is 7.29. The minimum atomic E-state index is 0.142. The third-order valence-electron chi connectivity index (χ3n) is 4.61. The zero-order valence-electron chi connectivity index (χ0n) is 16.4. The molecule has 0 amide bonds. The molecule has 26 heavy (non-hydrogen) atoms. The quantitative estimate of drug-likeness (QED) is 0.278. The van der Waals surface area contributed by atoms with Gasteiger partial charge in [0.05, 0.1) is 0 Å². The molecule has 1 aromatic rings. The van der Waals surface area contributed by atoms with Crippen molar-refractivity contribution in [1.82, 2.24) is 0 Å². The average molecular weight is 361 g/mol. The van der Waals surface area contributed by atoms with Crippen molar-refractivity contribution in [1.29, 1.82) is 0 Å². The molecule has 0 saturated heterocycles. The van der Waals surface area contributed by atoms with Crippen LogP contribution in [0.1, 0.15) is 89.5 Å². The van der Waals surface area contributed by atoms with Crippen LogP contribution in [0.25, 0.3) is 0 Å². The predicted octanol–water partition coefficient (Wildman–Crippen LogP) is 6.47. The van der Waals surface area contributed by atoms with Crippen molar-refractivity contribution < 1.29 is 15.0 Å². The first-order valence-corrected chi connectivity index (χ1v) is 10.2. The van der Waals surface area contributed by atoms with E-state index in [1.54, 1.807) is 19.1 Å². The highest BCUT2D eigenvalue weighted by Gasteiger charge is 1.99. The van der Waals surface area contributed by atoms with E-state index in [0.717, 1.165) is 37.7 Å². The molecule has 1 aromatic carbocycles. The van der Waals surface area contributed by atoms with E-state index in [9.17, 15) is 15.0 Å². The first kappa shape index (κ1) is 22.3. The molecule has 0 aromatic heterocycles. The maximum atomic E-state index is 10.8. The number of carbonyl (C=O) groups is 1. The lowest BCUT2D eigenvalue weighted by molar-refractivity contribution is -0.117. The summed E-state index contributed by atoms with van der Waals surface area (Å²) in [5, 5.41) is 18.9. The monoisotopic (exact) mass is 360 g/mol. The van der Waals surface area contributed by atoms with Gasteiger partial charge in [-0.2, -0.15) is 0 Å². The second-order valence-corrected chi connectivity index (χ2v) is 7.29. The number of unbranched alkanes of at least 4 members (excludes halogenated alkanes) is 9. The highest BCUT2D eigenvalue weighted by Crippen LogP contribution is 2.22. The van der Waals surface area contributed by atoms with Crippen molar-refractivity contribution in [2.24, 2.45) is 0 Å². The van der Waals surface area contributed by atoms with Gasteiger partial charge in [0.2, 0.25) is 0 Å². The van der Waals surface area contributed by atoms with Gasteiger partial charge in [-0.15, -0.1) is 0 Å². The molecule has 0 atom stereocenters. The summed E-state index contributed by atoms with van der Waals surface area (Å²) in [6, 6.07) is 4.83. The molecule has 0 unspecified atom stereocenters. The summed E-state index contributed by atoms with van der Waals surface area (Å²) < 4.78 is 0. The van der Waals surface area contributed by atoms with Gasteiger partial charge in [-0.3, -0.25) is 0 Å². The first-order chi connectivity index (χ1) is 12.6. The van der Waals surface area contributed by atoms with Crippen LogP contribution in [0.5, 0.6) is 11.5 Å². The van der Waals surface area contributed by atoms with Crippen LogP contribution in [0.2, 0.25) is 0 Å². The van der Waals surface area contributed by atoms with Gasteiger partial charge in [0.1, 0.15) is 17.3 Å². The molecule has 3 heteroatoms. The first-order valence-electron chi connectivity index (χ1n) is 10.2. The van der Waals surface area contributed by atoms with Crippen LogP contribution in [-0.4, -0.2) is 16.0 Å². The average Bonchev–Trinajstić information content (AvgIpc) is 2.57. The lowest BCUT2D eigenvalue weighted by Gasteiger charge is -2.04. The molecule has 0 bridgehead atoms. The van der Waals surface area contributed by atoms with E-state index in [1.807, 2.05) is 0 Å². The Labute approximate surface area is 159 Å². The summed E-state index contributed by atoms with van der Waals surface area (Å²) in [6.07, 6.45) is 19.3. The highest BCUT2D eigenvalue weighted by atomic mass is 16.3. The Hall–Kier alpha value is -1.77. The maximum Gasteiger partial charge on any atom is 0.129 e. The number of hydrogen-bond donors (Lipinski definition) is 2. The summed E-state index contributed by atoms with van der Waals surface area (Å²) >= 11 is 0. The molecule has 146 valence electrons. The van der Waals surface area contributed by atoms with Crippen LogP contribution in [0.3, 0.4) is 0 Å². The highest BCUT2D eigenvalue weighted by molar-refractivity contribution is 5.75. The van der Waals surface area contributed by atoms with E-state index in [2.05, 4.69) is 12.2 Å². The fourth-order valence-electron chi connectivity index (χ4n) is 3.15. The molecular formula is C23H36O3. The van der Waals surface area contributed by atoms with Gasteiger partial charge in [0.15, 0.2) is 0 Å². The van der Waals surface area contributed by atoms with Gasteiger partial charge in [-0.05, 0) is 69.6 Å². The molecule has 2 N–H and O–H groups in total. The molecule has 1 rings (SSSR count). The predicted molar refractivity (Wildman–Crippen MR) is 109 cm³/mol. The van der Waals surface area contributed by atoms with E-state index in [1.165, 1.54) is 57.4 Å². The fraction of sp³-hybridized carbons (Fsp3) is 0.609. The van der Waals surface area contributed by atoms with E-state index in [4.69, 9.17) is 0 Å². The van der Waals surface area contributed by atoms with Crippen LogP contribution < -0.4 is 0 Å². The maximum absolute atomic E-state index is 10.8. The number of ketones is 1. The standard InChI is InChI=1S/C23H36O3/c1-20(24)15-13-11-9-7-5-3-2-4-6-8-10-12-14-16-21-17-22(25)19-23(26)18-21/h2-3,17-19,25-26H,4-16H2,1H3. The third kappa shape index (κ3) is 12.6. The molecular weight excluding hydrogens is 324 g/mol. The normalized spacial score (nSPS) is 11.3. The molecule has 0 aliphatic carbocycles. The lowest BCUT2D eigenvalue weighted by Crippen LogP contribution is -1.88. The van der Waals surface area contributed by atoms with Gasteiger partial charge in [0, 0.05) is 12.5 Å². The SMILES string of the molecule is CC(=O)CCCCCCC=CCCCCCCCc1cc(O)cc(O)c1. The Balaban J connectivity index is 1.87. The van der Waals surface area contributed by atoms with E-state index in [0.29, 0.717) is 5.78 Å². The number of hydrogen-bond acceptors (Lipinski definition) is 3. The van der Waals surface area contributed by atoms with Gasteiger partial charge in [-0.25, -0.2) is 0 Å². The van der Waals surface area contributed by atoms with Crippen molar-refractivity contribution in [2.45, 2.75) is 90.4 Å². The molecule has 0 aliphatic heterocycles. The largest absolute Gasteiger partial charge is 0.508 e. The Morgan fingerprint density at radius 2 is 1.27 bits per heavy atom. The summed E-state index contributed by atoms with van der Waals surface area (Å²) in [5.74, 6) is 0.592. The zero-order chi connectivity index (χ0) is 19.0. The minimum Gasteiger partial charge on any atom is -0.508 e. The van der Waals surface area contributed by atoms with Crippen LogP contribution >= 0.6 is 0 Å². The zero-order valence-corrected chi connectivity index (χ0v) is 16.4. The van der Waals surface area contributed by atoms with Crippen molar-refractivity contribution in [3.05, 3.63) is 35.9 Å². The Morgan fingerprint density at radius 3 is 1.85 bits per heavy atom. The van der Waals surface area contributed by atoms with Gasteiger partial charge in [-0.1, -0.05) is 44.3 Å². The summed E-state index contributed by atoms with van der Waals surface area (Å²) in [4.78, 5) is 10.8. The Morgan fingerprint density at radius 1 is 0.769 bits per heavy atom. The number of Topliss-reactive ketones (excluding diaryl/α,β-unsaturated/α-hetero) is 1. The Kier molecular flexibility index (Phi) is 12.3. The van der Waals surface area contributed by atoms with Crippen molar-refractivity contribution in [3.63, 3.8) is 0 Å². The second kappa shape index (κ2) is 14.4. The molecule has 0 heterocycles. The number of phenolic OH excluding ortho intramolecular Hbond substituents is 2. The van der Waals surface area contributed by atoms with Crippen molar-refractivity contribution in [2.75, 3.05) is 0 Å². The van der Waals surface area contributed by atoms with Crippen LogP contribution in [0, 0.1) is 0 Å². The number of phenols is 2. The minimum absolute atomic E-state index is 0.142. The van der Waals surface area contributed by atoms with Crippen LogP contribution in [0.4, 0.5) is 0 Å². The van der Waals surface area contributed by atoms with Crippen LogP contribution in [0.15, 0.2) is 30.4 Å². The number of carbonyl (C=O) groups excluding carboxylic acids is 1. The molecule has 3 nitrogen and oxygen atoms in total. The van der Waals surface area contributed by atoms with Gasteiger partial charge >= 0.3 is 0 Å². The number of benzene rings is 1. The lowest BCUT2D eigenvalue weighted by atomic mass is 10.0. The molecule has 0 saturated carbocycles. The summed E-state index contributed by atoms with van der Waals surface area (Å²) in [7, 11) is 0. The van der Waals surface area contributed by atoms with Gasteiger partial charge in [0.25, 0.3) is 0 Å². The number of rotatable bonds is 15. The summed E-state index contributed by atoms with van der Waals surface area (Å²) in [5.41, 5.74) is 1.01. The molecule has 0 aliphatic rings. The van der Waals surface area contributed by atoms with Crippen molar-refractivity contribution >= 4 is 5.78 Å². The topological polar surface area (TPSA) is 57.5 Å². The van der Waals surface area contributed by atoms with Crippen molar-refractivity contribution in [3.8, 4) is 11.5 Å². The van der Waals surface area contributed by atoms with E-state index < -0.39 is 0 Å². The van der Waals surface area contributed by atoms with E-state index >= 15 is 0 Å². The number of allylic oxidation sites excluding steroid dienone is 2. The number of aryl methyl sites for hydroxylation is 1. The number of aromatic hydroxyl groups is 2. The van der Waals surface area contributed by atoms with E-state index in [-0.39, 0.29) is 11.5 Å². The van der Waals surface area contributed by atoms with Crippen LogP contribution in [-0.2, 0) is 11.2 Å². The third-order valence-corrected chi connectivity index (χ3v) is 4.61. The summed E-state index contributed by atoms with van der Waals surface area (Å²) in [6.45, 7) is 1.67. The van der Waals surface area contributed by atoms with Gasteiger partial charge < -0.3 is 15.0 Å². The molecule has 0 radical (unpaired) electrons. The fourth-order valence-corrected chi connectivity index (χ4v) is 3.15. The Bertz CT molecular complexity index is 514. The molecule has 0 fully saturated rings. The smallest absolute Gasteiger partial charge is 0.129 e.